The highest BCUT2D eigenvalue weighted by Gasteiger charge is 2.24. The first-order valence-electron chi connectivity index (χ1n) is 5.92. The molecule has 1 N–H and O–H groups in total. The third-order valence-electron chi connectivity index (χ3n) is 2.59. The maximum atomic E-state index is 13.5. The van der Waals surface area contributed by atoms with Crippen molar-refractivity contribution in [2.75, 3.05) is 4.72 Å². The average Bonchev–Trinajstić information content (AvgIpc) is 2.40. The van der Waals surface area contributed by atoms with Crippen molar-refractivity contribution < 1.29 is 35.1 Å². The van der Waals surface area contributed by atoms with Crippen LogP contribution in [-0.4, -0.2) is 15.0 Å². The van der Waals surface area contributed by atoms with Crippen molar-refractivity contribution in [2.24, 2.45) is 0 Å². The van der Waals surface area contributed by atoms with Gasteiger partial charge in [0.05, 0.1) is 5.69 Å². The molecule has 10 heteroatoms. The smallest absolute Gasteiger partial charge is 0.387 e. The predicted molar refractivity (Wildman–Crippen MR) is 70.2 cm³/mol. The quantitative estimate of drug-likeness (QED) is 0.837. The Morgan fingerprint density at radius 3 is 2.09 bits per heavy atom. The summed E-state index contributed by atoms with van der Waals surface area (Å²) in [6.45, 7) is -3.26. The van der Waals surface area contributed by atoms with Gasteiger partial charge in [-0.25, -0.2) is 21.6 Å². The van der Waals surface area contributed by atoms with E-state index in [1.165, 1.54) is 0 Å². The van der Waals surface area contributed by atoms with Crippen molar-refractivity contribution >= 4 is 15.7 Å². The summed E-state index contributed by atoms with van der Waals surface area (Å²) in [4.78, 5) is -1.24. The van der Waals surface area contributed by atoms with E-state index in [-0.39, 0.29) is 0 Å². The Balaban J connectivity index is 2.33. The lowest BCUT2D eigenvalue weighted by molar-refractivity contribution is -0.0521. The number of ether oxygens (including phenoxy) is 1. The number of hydrogen-bond donors (Lipinski definition) is 1. The highest BCUT2D eigenvalue weighted by molar-refractivity contribution is 7.92. The van der Waals surface area contributed by atoms with Crippen LogP contribution < -0.4 is 9.46 Å². The minimum absolute atomic E-state index is 0.424. The molecule has 0 fully saturated rings. The molecule has 0 aliphatic carbocycles. The molecule has 2 aromatic rings. The number of hydrogen-bond acceptors (Lipinski definition) is 3. The number of sulfonamides is 1. The van der Waals surface area contributed by atoms with Crippen molar-refractivity contribution in [2.45, 2.75) is 11.5 Å². The SMILES string of the molecule is O=S(=O)(Nc1ccc(OC(F)F)c(F)c1)c1c(F)cccc1F. The monoisotopic (exact) mass is 353 g/mol. The van der Waals surface area contributed by atoms with Crippen molar-refractivity contribution in [1.82, 2.24) is 0 Å². The molecule has 23 heavy (non-hydrogen) atoms. The molecule has 0 aliphatic rings. The lowest BCUT2D eigenvalue weighted by Gasteiger charge is -2.11. The number of alkyl halides is 2. The topological polar surface area (TPSA) is 55.4 Å². The van der Waals surface area contributed by atoms with Gasteiger partial charge in [-0.1, -0.05) is 6.07 Å². The van der Waals surface area contributed by atoms with Crippen LogP contribution in [-0.2, 0) is 10.0 Å². The Morgan fingerprint density at radius 1 is 0.957 bits per heavy atom. The van der Waals surface area contributed by atoms with E-state index >= 15 is 0 Å². The summed E-state index contributed by atoms with van der Waals surface area (Å²) in [6, 6.07) is 4.62. The fraction of sp³-hybridized carbons (Fsp3) is 0.0769. The zero-order valence-electron chi connectivity index (χ0n) is 11.1. The molecule has 0 spiro atoms. The first-order chi connectivity index (χ1) is 10.7. The van der Waals surface area contributed by atoms with Crippen molar-refractivity contribution in [1.29, 1.82) is 0 Å². The van der Waals surface area contributed by atoms with E-state index in [1.54, 1.807) is 4.72 Å². The molecule has 0 aromatic heterocycles. The van der Waals surface area contributed by atoms with E-state index < -0.39 is 50.4 Å². The number of rotatable bonds is 5. The number of halogens is 5. The van der Waals surface area contributed by atoms with Crippen LogP contribution in [0, 0.1) is 17.5 Å². The zero-order valence-corrected chi connectivity index (χ0v) is 11.9. The Bertz CT molecular complexity index is 806. The van der Waals surface area contributed by atoms with Gasteiger partial charge in [0.1, 0.15) is 11.6 Å². The van der Waals surface area contributed by atoms with Gasteiger partial charge in [0.15, 0.2) is 16.5 Å². The van der Waals surface area contributed by atoms with Crippen molar-refractivity contribution in [3.8, 4) is 5.75 Å². The first kappa shape index (κ1) is 17.0. The van der Waals surface area contributed by atoms with Gasteiger partial charge in [0, 0.05) is 6.07 Å². The van der Waals surface area contributed by atoms with Crippen LogP contribution in [0.3, 0.4) is 0 Å². The first-order valence-corrected chi connectivity index (χ1v) is 7.40. The summed E-state index contributed by atoms with van der Waals surface area (Å²) in [6.07, 6.45) is 0. The summed E-state index contributed by atoms with van der Waals surface area (Å²) in [5, 5.41) is 0. The lowest BCUT2D eigenvalue weighted by atomic mass is 10.3. The Hall–Kier alpha value is -2.36. The Morgan fingerprint density at radius 2 is 1.57 bits per heavy atom. The fourth-order valence-corrected chi connectivity index (χ4v) is 2.89. The van der Waals surface area contributed by atoms with Gasteiger partial charge < -0.3 is 4.74 Å². The standard InChI is InChI=1S/C13H8F5NO3S/c14-8-2-1-3-9(15)12(8)23(20,21)19-7-4-5-11(10(16)6-7)22-13(17)18/h1-6,13,19H. The molecule has 0 saturated heterocycles. The van der Waals surface area contributed by atoms with Gasteiger partial charge in [-0.2, -0.15) is 8.78 Å². The average molecular weight is 353 g/mol. The molecular formula is C13H8F5NO3S. The van der Waals surface area contributed by atoms with Gasteiger partial charge in [-0.05, 0) is 24.3 Å². The fourth-order valence-electron chi connectivity index (χ4n) is 1.70. The van der Waals surface area contributed by atoms with Gasteiger partial charge in [-0.3, -0.25) is 4.72 Å². The molecule has 0 amide bonds. The van der Waals surface area contributed by atoms with E-state index in [0.29, 0.717) is 6.07 Å². The van der Waals surface area contributed by atoms with Crippen LogP contribution in [0.5, 0.6) is 5.75 Å². The Labute approximate surface area is 127 Å². The van der Waals surface area contributed by atoms with Crippen LogP contribution in [0.4, 0.5) is 27.6 Å². The highest BCUT2D eigenvalue weighted by Crippen LogP contribution is 2.26. The third kappa shape index (κ3) is 3.89. The molecule has 0 bridgehead atoms. The molecule has 0 atom stereocenters. The van der Waals surface area contributed by atoms with E-state index in [0.717, 1.165) is 30.3 Å². The Kier molecular flexibility index (Phi) is 4.73. The number of anilines is 1. The molecule has 4 nitrogen and oxygen atoms in total. The molecule has 0 heterocycles. The van der Waals surface area contributed by atoms with E-state index in [1.807, 2.05) is 0 Å². The largest absolute Gasteiger partial charge is 0.432 e. The summed E-state index contributed by atoms with van der Waals surface area (Å²) >= 11 is 0. The van der Waals surface area contributed by atoms with Crippen LogP contribution >= 0.6 is 0 Å². The molecule has 0 saturated carbocycles. The van der Waals surface area contributed by atoms with Crippen LogP contribution in [0.1, 0.15) is 0 Å². The van der Waals surface area contributed by atoms with Crippen molar-refractivity contribution in [3.63, 3.8) is 0 Å². The summed E-state index contributed by atoms with van der Waals surface area (Å²) in [7, 11) is -4.68. The summed E-state index contributed by atoms with van der Waals surface area (Å²) in [5.74, 6) is -4.76. The molecule has 0 aliphatic heterocycles. The van der Waals surface area contributed by atoms with Gasteiger partial charge in [0.25, 0.3) is 10.0 Å². The van der Waals surface area contributed by atoms with Gasteiger partial charge in [-0.15, -0.1) is 0 Å². The van der Waals surface area contributed by atoms with Gasteiger partial charge in [0.2, 0.25) is 0 Å². The third-order valence-corrected chi connectivity index (χ3v) is 4.02. The van der Waals surface area contributed by atoms with Crippen molar-refractivity contribution in [3.05, 3.63) is 53.8 Å². The minimum atomic E-state index is -4.68. The number of benzene rings is 2. The normalized spacial score (nSPS) is 11.6. The molecule has 0 unspecified atom stereocenters. The van der Waals surface area contributed by atoms with Crippen LogP contribution in [0.25, 0.3) is 0 Å². The van der Waals surface area contributed by atoms with E-state index in [4.69, 9.17) is 0 Å². The lowest BCUT2D eigenvalue weighted by Crippen LogP contribution is -2.16. The zero-order chi connectivity index (χ0) is 17.2. The maximum absolute atomic E-state index is 13.5. The van der Waals surface area contributed by atoms with E-state index in [2.05, 4.69) is 4.74 Å². The van der Waals surface area contributed by atoms with Crippen LogP contribution in [0.15, 0.2) is 41.3 Å². The van der Waals surface area contributed by atoms with E-state index in [9.17, 15) is 30.4 Å². The minimum Gasteiger partial charge on any atom is -0.432 e. The highest BCUT2D eigenvalue weighted by atomic mass is 32.2. The second-order valence-corrected chi connectivity index (χ2v) is 5.80. The molecule has 2 rings (SSSR count). The second-order valence-electron chi connectivity index (χ2n) is 4.18. The second kappa shape index (κ2) is 6.41. The van der Waals surface area contributed by atoms with Crippen LogP contribution in [0.2, 0.25) is 0 Å². The molecular weight excluding hydrogens is 345 g/mol. The predicted octanol–water partition coefficient (Wildman–Crippen LogP) is 3.51. The maximum Gasteiger partial charge on any atom is 0.387 e. The van der Waals surface area contributed by atoms with Gasteiger partial charge >= 0.3 is 6.61 Å². The molecule has 124 valence electrons. The summed E-state index contributed by atoms with van der Waals surface area (Å²) < 4.78 is 94.0. The molecule has 0 radical (unpaired) electrons. The summed E-state index contributed by atoms with van der Waals surface area (Å²) in [5.41, 5.74) is -0.424. The number of nitrogens with one attached hydrogen (secondary N) is 1. The molecule has 2 aromatic carbocycles.